The van der Waals surface area contributed by atoms with E-state index in [0.717, 1.165) is 0 Å². The van der Waals surface area contributed by atoms with Crippen LogP contribution in [0.2, 0.25) is 0 Å². The van der Waals surface area contributed by atoms with Gasteiger partial charge in [0.1, 0.15) is 0 Å². The van der Waals surface area contributed by atoms with Crippen LogP contribution in [0.25, 0.3) is 0 Å². The SMILES string of the molecule is [CH2]C.[CH2]C.[CH2]C.[HH].[Sn]. The number of hydrogen-bond donors (Lipinski definition) is 0. The van der Waals surface area contributed by atoms with Gasteiger partial charge in [0, 0.05) is 25.3 Å². The van der Waals surface area contributed by atoms with Gasteiger partial charge >= 0.3 is 0 Å². The topological polar surface area (TPSA) is 0 Å². The van der Waals surface area contributed by atoms with E-state index in [1.165, 1.54) is 0 Å². The minimum Gasteiger partial charge on any atom is -0.0654 e. The molecule has 0 rings (SSSR count). The first kappa shape index (κ1) is 25.0. The summed E-state index contributed by atoms with van der Waals surface area (Å²) in [5, 5.41) is 0. The van der Waals surface area contributed by atoms with Crippen molar-refractivity contribution in [3.05, 3.63) is 20.8 Å². The van der Waals surface area contributed by atoms with Crippen molar-refractivity contribution in [1.29, 1.82) is 0 Å². The fourth-order valence-corrected chi connectivity index (χ4v) is 0. The van der Waals surface area contributed by atoms with Crippen molar-refractivity contribution >= 4 is 23.9 Å². The molecule has 7 radical (unpaired) electrons. The molecule has 0 bridgehead atoms. The van der Waals surface area contributed by atoms with E-state index < -0.39 is 0 Å². The quantitative estimate of drug-likeness (QED) is 0.536. The molecule has 7 heavy (non-hydrogen) atoms. The third-order valence-electron chi connectivity index (χ3n) is 0. The van der Waals surface area contributed by atoms with Crippen LogP contribution in [0.3, 0.4) is 0 Å². The monoisotopic (exact) mass is 209 g/mol. The summed E-state index contributed by atoms with van der Waals surface area (Å²) in [6, 6.07) is 0. The van der Waals surface area contributed by atoms with Gasteiger partial charge in [-0.25, -0.2) is 0 Å². The van der Waals surface area contributed by atoms with Crippen LogP contribution in [0, 0.1) is 20.8 Å². The zero-order valence-corrected chi connectivity index (χ0v) is 8.48. The minimum atomic E-state index is 0. The Morgan fingerprint density at radius 2 is 0.714 bits per heavy atom. The van der Waals surface area contributed by atoms with Gasteiger partial charge in [0.25, 0.3) is 0 Å². The Kier molecular flexibility index (Phi) is 1280. The largest absolute Gasteiger partial charge is 0.0654 e. The normalized spacial score (nSPS) is 2.57. The van der Waals surface area contributed by atoms with E-state index in [1.54, 1.807) is 20.8 Å². The van der Waals surface area contributed by atoms with Gasteiger partial charge in [0.2, 0.25) is 0 Å². The minimum absolute atomic E-state index is 0. The van der Waals surface area contributed by atoms with Gasteiger partial charge in [-0.3, -0.25) is 0 Å². The van der Waals surface area contributed by atoms with E-state index >= 15 is 0 Å². The predicted octanol–water partition coefficient (Wildman–Crippen LogP) is 2.39. The predicted molar refractivity (Wildman–Crippen MR) is 41.0 cm³/mol. The molecular formula is C6H17Sn. The average molecular weight is 208 g/mol. The van der Waals surface area contributed by atoms with E-state index in [2.05, 4.69) is 20.8 Å². The van der Waals surface area contributed by atoms with E-state index in [1.807, 2.05) is 0 Å². The third-order valence-corrected chi connectivity index (χ3v) is 0. The maximum Gasteiger partial charge on any atom is 0 e. The van der Waals surface area contributed by atoms with Gasteiger partial charge in [-0.15, -0.1) is 0 Å². The molecule has 0 spiro atoms. The van der Waals surface area contributed by atoms with Crippen LogP contribution in [0.1, 0.15) is 22.2 Å². The van der Waals surface area contributed by atoms with Crippen LogP contribution in [0.4, 0.5) is 0 Å². The summed E-state index contributed by atoms with van der Waals surface area (Å²) < 4.78 is 0. The average Bonchev–Trinajstić information content (AvgIpc) is 1.81. The van der Waals surface area contributed by atoms with Crippen LogP contribution in [0.5, 0.6) is 0 Å². The molecule has 0 saturated carbocycles. The molecule has 0 heterocycles. The van der Waals surface area contributed by atoms with Crippen molar-refractivity contribution < 1.29 is 1.43 Å². The molecule has 0 N–H and O–H groups in total. The maximum absolute atomic E-state index is 3.25. The third kappa shape index (κ3) is 245. The molecule has 0 nitrogen and oxygen atoms in total. The second-order valence-electron chi connectivity index (χ2n) is 0. The van der Waals surface area contributed by atoms with Gasteiger partial charge in [-0.2, -0.15) is 0 Å². The van der Waals surface area contributed by atoms with Crippen LogP contribution < -0.4 is 0 Å². The Bertz CT molecular complexity index is 8.49. The molecule has 0 fully saturated rings. The summed E-state index contributed by atoms with van der Waals surface area (Å²) in [7, 11) is 0. The summed E-state index contributed by atoms with van der Waals surface area (Å²) >= 11 is 0. The summed E-state index contributed by atoms with van der Waals surface area (Å²) in [4.78, 5) is 0. The molecule has 0 aliphatic rings. The van der Waals surface area contributed by atoms with Gasteiger partial charge in [-0.05, 0) is 0 Å². The van der Waals surface area contributed by atoms with Gasteiger partial charge in [0.05, 0.1) is 0 Å². The maximum atomic E-state index is 3.25. The van der Waals surface area contributed by atoms with Crippen molar-refractivity contribution in [1.82, 2.24) is 0 Å². The summed E-state index contributed by atoms with van der Waals surface area (Å²) in [5.41, 5.74) is 0. The van der Waals surface area contributed by atoms with Gasteiger partial charge in [0.15, 0.2) is 0 Å². The molecular weight excluding hydrogens is 191 g/mol. The molecule has 0 amide bonds. The Hall–Kier alpha value is 0.799. The van der Waals surface area contributed by atoms with Crippen molar-refractivity contribution in [3.8, 4) is 0 Å². The Morgan fingerprint density at radius 3 is 0.714 bits per heavy atom. The zero-order chi connectivity index (χ0) is 6.00. The molecule has 0 aromatic rings. The standard InChI is InChI=1S/3C2H5.Sn.H2/c3*1-2;;/h3*1H2,2H3;;1H. The molecule has 1 heteroatoms. The second-order valence-corrected chi connectivity index (χ2v) is 0. The van der Waals surface area contributed by atoms with Crippen LogP contribution in [-0.4, -0.2) is 23.9 Å². The summed E-state index contributed by atoms with van der Waals surface area (Å²) in [5.74, 6) is 0. The molecule has 45 valence electrons. The zero-order valence-electron chi connectivity index (χ0n) is 5.62. The molecule has 0 aromatic carbocycles. The van der Waals surface area contributed by atoms with Gasteiger partial charge < -0.3 is 0 Å². The molecule has 0 unspecified atom stereocenters. The smallest absolute Gasteiger partial charge is 0 e. The Morgan fingerprint density at radius 1 is 0.714 bits per heavy atom. The van der Waals surface area contributed by atoms with Crippen LogP contribution in [-0.2, 0) is 0 Å². The van der Waals surface area contributed by atoms with Crippen LogP contribution in [0.15, 0.2) is 0 Å². The van der Waals surface area contributed by atoms with Gasteiger partial charge in [-0.1, -0.05) is 41.5 Å². The van der Waals surface area contributed by atoms with Crippen LogP contribution >= 0.6 is 0 Å². The van der Waals surface area contributed by atoms with Crippen molar-refractivity contribution in [2.24, 2.45) is 0 Å². The van der Waals surface area contributed by atoms with Crippen molar-refractivity contribution in [2.45, 2.75) is 20.8 Å². The number of hydrogen-bond acceptors (Lipinski definition) is 0. The van der Waals surface area contributed by atoms with E-state index in [4.69, 9.17) is 0 Å². The first-order chi connectivity index (χ1) is 3.00. The molecule has 0 aromatic heterocycles. The molecule has 0 aliphatic heterocycles. The fraction of sp³-hybridized carbons (Fsp3) is 0.500. The molecule has 0 atom stereocenters. The Balaban J connectivity index is -0.00000000500. The first-order valence-corrected chi connectivity index (χ1v) is 2.12. The fourth-order valence-electron chi connectivity index (χ4n) is 0. The molecule has 0 aliphatic carbocycles. The van der Waals surface area contributed by atoms with Crippen molar-refractivity contribution in [2.75, 3.05) is 0 Å². The van der Waals surface area contributed by atoms with E-state index in [-0.39, 0.29) is 25.3 Å². The first-order valence-electron chi connectivity index (χ1n) is 2.12. The summed E-state index contributed by atoms with van der Waals surface area (Å²) in [6.07, 6.45) is 0. The molecule has 0 saturated heterocycles. The second kappa shape index (κ2) is 358. The summed E-state index contributed by atoms with van der Waals surface area (Å²) in [6.45, 7) is 15.0. The Labute approximate surface area is 67.1 Å². The van der Waals surface area contributed by atoms with E-state index in [0.29, 0.717) is 0 Å². The van der Waals surface area contributed by atoms with E-state index in [9.17, 15) is 0 Å². The van der Waals surface area contributed by atoms with Crippen molar-refractivity contribution in [3.63, 3.8) is 0 Å². The number of rotatable bonds is 0.